The molecule has 1 rings (SSSR count). The summed E-state index contributed by atoms with van der Waals surface area (Å²) in [5.74, 6) is 0. The highest BCUT2D eigenvalue weighted by Crippen LogP contribution is 2.22. The molecule has 0 spiro atoms. The molecule has 0 saturated heterocycles. The minimum Gasteiger partial charge on any atom is -0.239 e. The van der Waals surface area contributed by atoms with Gasteiger partial charge >= 0.3 is 0 Å². The van der Waals surface area contributed by atoms with Crippen LogP contribution < -0.4 is 0 Å². The maximum Gasteiger partial charge on any atom is 0.133 e. The van der Waals surface area contributed by atoms with Crippen LogP contribution in [0.1, 0.15) is 12.5 Å². The number of halogens is 1. The van der Waals surface area contributed by atoms with Gasteiger partial charge in [0.25, 0.3) is 0 Å². The predicted molar refractivity (Wildman–Crippen MR) is 40.3 cm³/mol. The Morgan fingerprint density at radius 3 is 2.10 bits per heavy atom. The van der Waals surface area contributed by atoms with Gasteiger partial charge in [-0.2, -0.15) is 0 Å². The standard InChI is InChI=1S/C9H10F/c1-9(2,10)8-6-4-3-5-7-8/h3-7H,1H2,2H3. The van der Waals surface area contributed by atoms with Gasteiger partial charge < -0.3 is 0 Å². The lowest BCUT2D eigenvalue weighted by atomic mass is 10.0. The number of hydrogen-bond donors (Lipinski definition) is 0. The first-order valence-corrected chi connectivity index (χ1v) is 3.20. The van der Waals surface area contributed by atoms with E-state index in [1.54, 1.807) is 24.3 Å². The molecule has 1 unspecified atom stereocenters. The first kappa shape index (κ1) is 7.26. The van der Waals surface area contributed by atoms with E-state index < -0.39 is 5.67 Å². The minimum absolute atomic E-state index is 0.620. The van der Waals surface area contributed by atoms with Gasteiger partial charge in [0, 0.05) is 0 Å². The highest BCUT2D eigenvalue weighted by atomic mass is 19.1. The summed E-state index contributed by atoms with van der Waals surface area (Å²) >= 11 is 0. The fourth-order valence-electron chi connectivity index (χ4n) is 0.786. The molecule has 1 aromatic carbocycles. The summed E-state index contributed by atoms with van der Waals surface area (Å²) in [7, 11) is 0. The van der Waals surface area contributed by atoms with E-state index in [0.717, 1.165) is 0 Å². The quantitative estimate of drug-likeness (QED) is 0.558. The van der Waals surface area contributed by atoms with E-state index in [-0.39, 0.29) is 0 Å². The molecule has 0 heterocycles. The SMILES string of the molecule is [CH2]C(C)(F)c1ccccc1. The van der Waals surface area contributed by atoms with Crippen LogP contribution in [0.2, 0.25) is 0 Å². The number of rotatable bonds is 1. The Balaban J connectivity index is 2.97. The molecule has 0 aliphatic rings. The molecule has 0 aromatic heterocycles. The highest BCUT2D eigenvalue weighted by Gasteiger charge is 2.17. The molecular formula is C9H10F. The van der Waals surface area contributed by atoms with Crippen molar-refractivity contribution in [3.05, 3.63) is 42.8 Å². The third kappa shape index (κ3) is 1.56. The van der Waals surface area contributed by atoms with Crippen LogP contribution in [0.3, 0.4) is 0 Å². The highest BCUT2D eigenvalue weighted by molar-refractivity contribution is 5.22. The fourth-order valence-corrected chi connectivity index (χ4v) is 0.786. The maximum absolute atomic E-state index is 13.0. The molecule has 1 heteroatoms. The van der Waals surface area contributed by atoms with E-state index in [4.69, 9.17) is 0 Å². The van der Waals surface area contributed by atoms with Gasteiger partial charge in [-0.3, -0.25) is 0 Å². The molecule has 0 saturated carbocycles. The van der Waals surface area contributed by atoms with Gasteiger partial charge in [-0.1, -0.05) is 30.3 Å². The van der Waals surface area contributed by atoms with E-state index in [0.29, 0.717) is 5.56 Å². The lowest BCUT2D eigenvalue weighted by Gasteiger charge is -2.12. The molecule has 1 radical (unpaired) electrons. The Labute approximate surface area is 60.7 Å². The number of alkyl halides is 1. The maximum atomic E-state index is 13.0. The van der Waals surface area contributed by atoms with Crippen molar-refractivity contribution < 1.29 is 4.39 Å². The largest absolute Gasteiger partial charge is 0.239 e. The summed E-state index contributed by atoms with van der Waals surface area (Å²) < 4.78 is 13.0. The Bertz CT molecular complexity index is 196. The van der Waals surface area contributed by atoms with Crippen molar-refractivity contribution in [3.63, 3.8) is 0 Å². The zero-order chi connectivity index (χ0) is 7.61. The van der Waals surface area contributed by atoms with Gasteiger partial charge in [0.15, 0.2) is 0 Å². The van der Waals surface area contributed by atoms with Crippen molar-refractivity contribution >= 4 is 0 Å². The second-order valence-electron chi connectivity index (χ2n) is 2.56. The summed E-state index contributed by atoms with van der Waals surface area (Å²) in [5.41, 5.74) is -0.837. The zero-order valence-electron chi connectivity index (χ0n) is 5.97. The van der Waals surface area contributed by atoms with Crippen LogP contribution in [0.5, 0.6) is 0 Å². The van der Waals surface area contributed by atoms with Crippen molar-refractivity contribution in [1.82, 2.24) is 0 Å². The van der Waals surface area contributed by atoms with Crippen molar-refractivity contribution in [2.24, 2.45) is 0 Å². The predicted octanol–water partition coefficient (Wildman–Crippen LogP) is 2.71. The molecule has 10 heavy (non-hydrogen) atoms. The summed E-state index contributed by atoms with van der Waals surface area (Å²) in [4.78, 5) is 0. The smallest absolute Gasteiger partial charge is 0.133 e. The van der Waals surface area contributed by atoms with Gasteiger partial charge in [-0.15, -0.1) is 0 Å². The van der Waals surface area contributed by atoms with Gasteiger partial charge in [0.1, 0.15) is 5.67 Å². The monoisotopic (exact) mass is 137 g/mol. The van der Waals surface area contributed by atoms with Crippen LogP contribution in [-0.2, 0) is 5.67 Å². The Hall–Kier alpha value is -0.850. The lowest BCUT2D eigenvalue weighted by molar-refractivity contribution is 0.260. The topological polar surface area (TPSA) is 0 Å². The first-order chi connectivity index (χ1) is 4.61. The van der Waals surface area contributed by atoms with Crippen LogP contribution in [0.25, 0.3) is 0 Å². The van der Waals surface area contributed by atoms with Crippen LogP contribution in [-0.4, -0.2) is 0 Å². The van der Waals surface area contributed by atoms with Crippen molar-refractivity contribution in [3.8, 4) is 0 Å². The van der Waals surface area contributed by atoms with Gasteiger partial charge in [0.2, 0.25) is 0 Å². The summed E-state index contributed by atoms with van der Waals surface area (Å²) in [5, 5.41) is 0. The third-order valence-electron chi connectivity index (χ3n) is 1.38. The van der Waals surface area contributed by atoms with Crippen LogP contribution in [0.15, 0.2) is 30.3 Å². The summed E-state index contributed by atoms with van der Waals surface area (Å²) in [6.07, 6.45) is 0. The molecule has 53 valence electrons. The van der Waals surface area contributed by atoms with Gasteiger partial charge in [0.05, 0.1) is 0 Å². The first-order valence-electron chi connectivity index (χ1n) is 3.20. The van der Waals surface area contributed by atoms with Gasteiger partial charge in [-0.25, -0.2) is 4.39 Å². The molecular weight excluding hydrogens is 127 g/mol. The van der Waals surface area contributed by atoms with Crippen LogP contribution >= 0.6 is 0 Å². The molecule has 0 bridgehead atoms. The average molecular weight is 137 g/mol. The van der Waals surface area contributed by atoms with E-state index >= 15 is 0 Å². The minimum atomic E-state index is -1.46. The van der Waals surface area contributed by atoms with Gasteiger partial charge in [-0.05, 0) is 19.4 Å². The average Bonchev–Trinajstić information content (AvgIpc) is 1.88. The lowest BCUT2D eigenvalue weighted by Crippen LogP contribution is -2.08. The van der Waals surface area contributed by atoms with E-state index in [9.17, 15) is 4.39 Å². The second-order valence-corrected chi connectivity index (χ2v) is 2.56. The Kier molecular flexibility index (Phi) is 1.75. The van der Waals surface area contributed by atoms with Crippen LogP contribution in [0.4, 0.5) is 4.39 Å². The van der Waals surface area contributed by atoms with Crippen LogP contribution in [0, 0.1) is 6.92 Å². The summed E-state index contributed by atoms with van der Waals surface area (Å²) in [6, 6.07) is 8.92. The molecule has 1 atom stereocenters. The molecule has 0 N–H and O–H groups in total. The molecule has 0 nitrogen and oxygen atoms in total. The molecule has 0 amide bonds. The second kappa shape index (κ2) is 2.41. The number of benzene rings is 1. The van der Waals surface area contributed by atoms with E-state index in [1.807, 2.05) is 6.07 Å². The van der Waals surface area contributed by atoms with Crippen molar-refractivity contribution in [2.45, 2.75) is 12.6 Å². The van der Waals surface area contributed by atoms with Crippen molar-refractivity contribution in [1.29, 1.82) is 0 Å². The number of hydrogen-bond acceptors (Lipinski definition) is 0. The molecule has 0 fully saturated rings. The third-order valence-corrected chi connectivity index (χ3v) is 1.38. The molecule has 1 aromatic rings. The normalized spacial score (nSPS) is 11.5. The molecule has 0 aliphatic heterocycles. The molecule has 0 aliphatic carbocycles. The van der Waals surface area contributed by atoms with E-state index in [1.165, 1.54) is 6.92 Å². The van der Waals surface area contributed by atoms with E-state index in [2.05, 4.69) is 6.92 Å². The fraction of sp³-hybridized carbons (Fsp3) is 0.222. The van der Waals surface area contributed by atoms with Crippen molar-refractivity contribution in [2.75, 3.05) is 0 Å². The zero-order valence-corrected chi connectivity index (χ0v) is 5.97. The Morgan fingerprint density at radius 1 is 1.30 bits per heavy atom. The Morgan fingerprint density at radius 2 is 1.80 bits per heavy atom. The summed E-state index contributed by atoms with van der Waals surface area (Å²) in [6.45, 7) is 4.82.